The lowest BCUT2D eigenvalue weighted by Gasteiger charge is -2.35. The number of aromatic nitrogens is 1. The number of benzene rings is 8. The average Bonchev–Trinajstić information content (AvgIpc) is 3.86. The fourth-order valence-corrected chi connectivity index (χ4v) is 10.1. The fraction of sp³-hybridized carbons (Fsp3) is 0.0645. The van der Waals surface area contributed by atoms with Crippen LogP contribution < -0.4 is 4.90 Å². The van der Waals surface area contributed by atoms with Crippen LogP contribution in [0, 0.1) is 0 Å². The van der Waals surface area contributed by atoms with Crippen LogP contribution >= 0.6 is 0 Å². The summed E-state index contributed by atoms with van der Waals surface area (Å²) in [4.78, 5) is 11.5. The molecule has 1 aromatic heterocycles. The first kappa shape index (κ1) is 41.7. The van der Waals surface area contributed by atoms with Crippen LogP contribution in [-0.4, -0.2) is 16.6 Å². The molecule has 0 N–H and O–H groups in total. The van der Waals surface area contributed by atoms with Crippen LogP contribution in [0.2, 0.25) is 0 Å². The molecule has 0 amide bonds. The second-order valence-corrected chi connectivity index (χ2v) is 16.4. The van der Waals surface area contributed by atoms with Gasteiger partial charge in [0.1, 0.15) is 0 Å². The molecule has 0 saturated carbocycles. The van der Waals surface area contributed by atoms with E-state index in [-0.39, 0.29) is 0 Å². The van der Waals surface area contributed by atoms with Crippen LogP contribution in [0.25, 0.3) is 49.7 Å². The van der Waals surface area contributed by atoms with E-state index < -0.39 is 5.41 Å². The van der Waals surface area contributed by atoms with Gasteiger partial charge in [-0.2, -0.15) is 0 Å². The van der Waals surface area contributed by atoms with Crippen molar-refractivity contribution in [2.45, 2.75) is 26.2 Å². The second kappa shape index (κ2) is 18.0. The van der Waals surface area contributed by atoms with Crippen molar-refractivity contribution in [3.8, 4) is 27.9 Å². The van der Waals surface area contributed by atoms with Gasteiger partial charge in [-0.15, -0.1) is 0 Å². The topological polar surface area (TPSA) is 32.9 Å². The molecule has 0 radical (unpaired) electrons. The molecule has 0 aliphatic heterocycles. The van der Waals surface area contributed by atoms with E-state index in [1.54, 1.807) is 12.4 Å². The Hall–Kier alpha value is -8.34. The standard InChI is InChI=1S/C62H50N4/c1-5-9-26-46(23-6-2)62(47-27-15-11-16-28-47)57-33-21-19-31-52(57)53-40-39-50(43-58(53)62)65(49-37-35-45(36-38-49)61(63-7-3)64-8-4)51-41-55(44-24-13-10-14-25-44)60-56(42-51)54-32-20-22-34-59(54)66(60)48-29-17-12-18-30-48/h5-43H,3H2,1-2,4H3/b9-5-,23-6-,46-26+,63-61?,64-8?. The van der Waals surface area contributed by atoms with E-state index in [4.69, 9.17) is 0 Å². The van der Waals surface area contributed by atoms with E-state index in [1.807, 2.05) is 6.92 Å². The summed E-state index contributed by atoms with van der Waals surface area (Å²) in [6.45, 7) is 9.96. The average molecular weight is 851 g/mol. The predicted octanol–water partition coefficient (Wildman–Crippen LogP) is 16.3. The Morgan fingerprint density at radius 3 is 1.97 bits per heavy atom. The van der Waals surface area contributed by atoms with Gasteiger partial charge >= 0.3 is 0 Å². The molecule has 1 heterocycles. The van der Waals surface area contributed by atoms with Gasteiger partial charge in [0.25, 0.3) is 0 Å². The zero-order chi connectivity index (χ0) is 45.0. The van der Waals surface area contributed by atoms with Crippen LogP contribution in [0.5, 0.6) is 0 Å². The molecule has 318 valence electrons. The molecule has 66 heavy (non-hydrogen) atoms. The summed E-state index contributed by atoms with van der Waals surface area (Å²) in [5.41, 5.74) is 16.4. The first-order valence-electron chi connectivity index (χ1n) is 22.6. The Morgan fingerprint density at radius 2 is 1.24 bits per heavy atom. The fourth-order valence-electron chi connectivity index (χ4n) is 10.1. The lowest BCUT2D eigenvalue weighted by atomic mass is 9.67. The summed E-state index contributed by atoms with van der Waals surface area (Å²) >= 11 is 0. The number of rotatable bonds is 11. The molecule has 9 aromatic rings. The summed E-state index contributed by atoms with van der Waals surface area (Å²) in [6.07, 6.45) is 14.3. The highest BCUT2D eigenvalue weighted by atomic mass is 15.1. The van der Waals surface area contributed by atoms with E-state index in [1.165, 1.54) is 44.2 Å². The first-order chi connectivity index (χ1) is 32.6. The Kier molecular flexibility index (Phi) is 11.4. The highest BCUT2D eigenvalue weighted by Gasteiger charge is 2.47. The van der Waals surface area contributed by atoms with Gasteiger partial charge in [-0.25, -0.2) is 9.98 Å². The summed E-state index contributed by atoms with van der Waals surface area (Å²) in [7, 11) is 0. The molecule has 4 nitrogen and oxygen atoms in total. The lowest BCUT2D eigenvalue weighted by Crippen LogP contribution is -2.29. The number of nitrogens with zero attached hydrogens (tertiary/aromatic N) is 4. The number of anilines is 3. The highest BCUT2D eigenvalue weighted by Crippen LogP contribution is 2.58. The van der Waals surface area contributed by atoms with Crippen LogP contribution in [0.4, 0.5) is 17.1 Å². The molecule has 4 heteroatoms. The van der Waals surface area contributed by atoms with Gasteiger partial charge in [-0.1, -0.05) is 164 Å². The van der Waals surface area contributed by atoms with Crippen molar-refractivity contribution >= 4 is 50.9 Å². The molecule has 1 unspecified atom stereocenters. The normalized spacial score (nSPS) is 15.0. The minimum Gasteiger partial charge on any atom is -0.310 e. The van der Waals surface area contributed by atoms with Gasteiger partial charge in [-0.3, -0.25) is 0 Å². The van der Waals surface area contributed by atoms with Crippen molar-refractivity contribution in [3.63, 3.8) is 0 Å². The van der Waals surface area contributed by atoms with E-state index in [0.29, 0.717) is 5.84 Å². The quantitative estimate of drug-likeness (QED) is 0.0725. The largest absolute Gasteiger partial charge is 0.310 e. The number of para-hydroxylation sites is 2. The minimum absolute atomic E-state index is 0.610. The van der Waals surface area contributed by atoms with Gasteiger partial charge in [0.2, 0.25) is 0 Å². The summed E-state index contributed by atoms with van der Waals surface area (Å²) in [5, 5.41) is 2.35. The molecular weight excluding hydrogens is 801 g/mol. The summed E-state index contributed by atoms with van der Waals surface area (Å²) in [5.74, 6) is 0.611. The number of aliphatic imine (C=N–C) groups is 2. The van der Waals surface area contributed by atoms with Gasteiger partial charge in [0, 0.05) is 57.1 Å². The van der Waals surface area contributed by atoms with E-state index >= 15 is 0 Å². The van der Waals surface area contributed by atoms with E-state index in [2.05, 4.69) is 264 Å². The Balaban J connectivity index is 1.31. The van der Waals surface area contributed by atoms with Gasteiger partial charge in [0.05, 0.1) is 16.4 Å². The van der Waals surface area contributed by atoms with Gasteiger partial charge in [-0.05, 0) is 126 Å². The number of amidine groups is 1. The summed E-state index contributed by atoms with van der Waals surface area (Å²) < 4.78 is 2.42. The van der Waals surface area contributed by atoms with Crippen molar-refractivity contribution in [1.29, 1.82) is 0 Å². The molecule has 1 aliphatic rings. The molecule has 0 spiro atoms. The number of hydrogen-bond donors (Lipinski definition) is 0. The molecule has 1 atom stereocenters. The Bertz CT molecular complexity index is 3390. The van der Waals surface area contributed by atoms with E-state index in [0.717, 1.165) is 50.5 Å². The monoisotopic (exact) mass is 850 g/mol. The van der Waals surface area contributed by atoms with Crippen LogP contribution in [0.3, 0.4) is 0 Å². The van der Waals surface area contributed by atoms with Crippen LogP contribution in [0.15, 0.2) is 253 Å². The molecule has 0 bridgehead atoms. The maximum absolute atomic E-state index is 4.59. The lowest BCUT2D eigenvalue weighted by molar-refractivity contribution is 0.766. The number of fused-ring (bicyclic) bond motifs is 6. The molecule has 8 aromatic carbocycles. The zero-order valence-electron chi connectivity index (χ0n) is 37.5. The minimum atomic E-state index is -0.610. The number of allylic oxidation sites excluding steroid dienone is 6. The molecular formula is C62H50N4. The van der Waals surface area contributed by atoms with Crippen molar-refractivity contribution in [2.24, 2.45) is 9.98 Å². The Labute approximate surface area is 387 Å². The second-order valence-electron chi connectivity index (χ2n) is 16.4. The van der Waals surface area contributed by atoms with Crippen molar-refractivity contribution < 1.29 is 0 Å². The maximum atomic E-state index is 4.59. The van der Waals surface area contributed by atoms with Gasteiger partial charge < -0.3 is 9.47 Å². The zero-order valence-corrected chi connectivity index (χ0v) is 37.5. The van der Waals surface area contributed by atoms with Crippen molar-refractivity contribution in [2.75, 3.05) is 4.90 Å². The van der Waals surface area contributed by atoms with Crippen LogP contribution in [-0.2, 0) is 5.41 Å². The van der Waals surface area contributed by atoms with Crippen molar-refractivity contribution in [3.05, 3.63) is 265 Å². The third kappa shape index (κ3) is 7.04. The van der Waals surface area contributed by atoms with Crippen LogP contribution in [0.1, 0.15) is 43.0 Å². The molecule has 0 saturated heterocycles. The first-order valence-corrected chi connectivity index (χ1v) is 22.6. The predicted molar refractivity (Wildman–Crippen MR) is 281 cm³/mol. The molecule has 1 aliphatic carbocycles. The van der Waals surface area contributed by atoms with Gasteiger partial charge in [0.15, 0.2) is 5.84 Å². The Morgan fingerprint density at radius 1 is 0.576 bits per heavy atom. The SMILES string of the molecule is C=CN=C(N=CC)c1ccc(N(c2ccc3c(c2)C(C(/C=C\C)=C/C=C\C)(c2ccccc2)c2ccccc2-3)c2cc(-c3ccccc3)c3c(c2)c2ccccc2n3-c2ccccc2)cc1. The smallest absolute Gasteiger partial charge is 0.158 e. The third-order valence-corrected chi connectivity index (χ3v) is 12.7. The maximum Gasteiger partial charge on any atom is 0.158 e. The van der Waals surface area contributed by atoms with E-state index in [9.17, 15) is 0 Å². The third-order valence-electron chi connectivity index (χ3n) is 12.7. The highest BCUT2D eigenvalue weighted by molar-refractivity contribution is 6.15. The summed E-state index contributed by atoms with van der Waals surface area (Å²) in [6, 6.07) is 70.6. The van der Waals surface area contributed by atoms with Crippen molar-refractivity contribution in [1.82, 2.24) is 4.57 Å². The number of hydrogen-bond acceptors (Lipinski definition) is 2. The molecule has 10 rings (SSSR count). The molecule has 0 fully saturated rings.